The number of rotatable bonds is 3. The molecule has 60 valence electrons. The Balaban J connectivity index is 2.02. The van der Waals surface area contributed by atoms with Gasteiger partial charge in [-0.15, -0.1) is 0 Å². The second kappa shape index (κ2) is 5.33. The van der Waals surface area contributed by atoms with Crippen LogP contribution in [0.15, 0.2) is 0 Å². The van der Waals surface area contributed by atoms with E-state index in [1.165, 1.54) is 25.0 Å². The zero-order valence-corrected chi connectivity index (χ0v) is 7.97. The number of ether oxygens (including phenoxy) is 1. The number of hydrogen-bond donors (Lipinski definition) is 0. The maximum atomic E-state index is 5.52. The fraction of sp³-hybridized carbons (Fsp3) is 1.00. The molecule has 0 bridgehead atoms. The molecule has 1 rings (SSSR count). The summed E-state index contributed by atoms with van der Waals surface area (Å²) in [5.41, 5.74) is 0.485. The van der Waals surface area contributed by atoms with Gasteiger partial charge in [0.25, 0.3) is 0 Å². The van der Waals surface area contributed by atoms with Crippen LogP contribution in [0.5, 0.6) is 0 Å². The zero-order chi connectivity index (χ0) is 7.23. The minimum Gasteiger partial charge on any atom is -0.367 e. The van der Waals surface area contributed by atoms with Crippen LogP contribution in [0.4, 0.5) is 0 Å². The lowest BCUT2D eigenvalue weighted by Gasteiger charge is -2.20. The van der Waals surface area contributed by atoms with Crippen molar-refractivity contribution in [3.05, 3.63) is 0 Å². The molecule has 1 aliphatic rings. The van der Waals surface area contributed by atoms with E-state index >= 15 is 0 Å². The van der Waals surface area contributed by atoms with Crippen LogP contribution in [0.2, 0.25) is 0 Å². The Morgan fingerprint density at radius 1 is 1.50 bits per heavy atom. The quantitative estimate of drug-likeness (QED) is 0.615. The third-order valence-electron chi connectivity index (χ3n) is 1.43. The summed E-state index contributed by atoms with van der Waals surface area (Å²) in [6, 6.07) is 0. The fourth-order valence-corrected chi connectivity index (χ4v) is 2.95. The van der Waals surface area contributed by atoms with Gasteiger partial charge in [-0.3, -0.25) is 0 Å². The first-order valence-electron chi connectivity index (χ1n) is 3.83. The molecule has 1 nitrogen and oxygen atoms in total. The zero-order valence-electron chi connectivity index (χ0n) is 6.34. The highest BCUT2D eigenvalue weighted by atomic mass is 33.1. The molecule has 1 saturated heterocycles. The maximum absolute atomic E-state index is 5.52. The van der Waals surface area contributed by atoms with Gasteiger partial charge in [-0.1, -0.05) is 28.5 Å². The van der Waals surface area contributed by atoms with Crippen molar-refractivity contribution in [2.75, 3.05) is 12.4 Å². The van der Waals surface area contributed by atoms with Gasteiger partial charge in [0.05, 0.1) is 0 Å². The van der Waals surface area contributed by atoms with Crippen LogP contribution >= 0.6 is 21.6 Å². The molecule has 0 N–H and O–H groups in total. The molecule has 0 spiro atoms. The predicted octanol–water partition coefficient (Wildman–Crippen LogP) is 2.91. The van der Waals surface area contributed by atoms with Gasteiger partial charge < -0.3 is 4.74 Å². The van der Waals surface area contributed by atoms with Gasteiger partial charge in [-0.05, 0) is 19.3 Å². The highest BCUT2D eigenvalue weighted by Gasteiger charge is 2.13. The van der Waals surface area contributed by atoms with Gasteiger partial charge in [0.15, 0.2) is 0 Å². The van der Waals surface area contributed by atoms with Crippen LogP contribution in [0.25, 0.3) is 0 Å². The van der Waals surface area contributed by atoms with E-state index in [0.29, 0.717) is 5.44 Å². The van der Waals surface area contributed by atoms with Gasteiger partial charge in [-0.2, -0.15) is 0 Å². The van der Waals surface area contributed by atoms with Crippen LogP contribution < -0.4 is 0 Å². The van der Waals surface area contributed by atoms with Crippen molar-refractivity contribution in [2.24, 2.45) is 0 Å². The first-order chi connectivity index (χ1) is 4.93. The molecule has 1 heterocycles. The third kappa shape index (κ3) is 3.17. The molecule has 0 aromatic heterocycles. The van der Waals surface area contributed by atoms with Crippen LogP contribution in [-0.4, -0.2) is 17.8 Å². The Bertz CT molecular complexity index is 81.7. The molecular weight excluding hydrogens is 164 g/mol. The Morgan fingerprint density at radius 3 is 3.00 bits per heavy atom. The summed E-state index contributed by atoms with van der Waals surface area (Å²) >= 11 is 0. The average Bonchev–Trinajstić information content (AvgIpc) is 2.03. The van der Waals surface area contributed by atoms with E-state index in [0.717, 1.165) is 6.61 Å². The predicted molar refractivity (Wildman–Crippen MR) is 49.3 cm³/mol. The SMILES string of the molecule is CCSSC1CCCCO1. The smallest absolute Gasteiger partial charge is 0.113 e. The molecule has 1 atom stereocenters. The van der Waals surface area contributed by atoms with E-state index in [1.54, 1.807) is 0 Å². The second-order valence-electron chi connectivity index (χ2n) is 2.30. The van der Waals surface area contributed by atoms with Crippen molar-refractivity contribution in [2.45, 2.75) is 31.6 Å². The normalized spacial score (nSPS) is 26.7. The molecule has 1 fully saturated rings. The largest absolute Gasteiger partial charge is 0.367 e. The Hall–Kier alpha value is 0.660. The molecule has 1 aliphatic heterocycles. The van der Waals surface area contributed by atoms with Gasteiger partial charge in [0, 0.05) is 12.4 Å². The highest BCUT2D eigenvalue weighted by molar-refractivity contribution is 8.76. The topological polar surface area (TPSA) is 9.23 Å². The minimum absolute atomic E-state index is 0.485. The standard InChI is InChI=1S/C7H14OS2/c1-2-9-10-7-5-3-4-6-8-7/h7H,2-6H2,1H3. The van der Waals surface area contributed by atoms with E-state index in [9.17, 15) is 0 Å². The van der Waals surface area contributed by atoms with E-state index < -0.39 is 0 Å². The molecule has 0 saturated carbocycles. The summed E-state index contributed by atoms with van der Waals surface area (Å²) in [5, 5.41) is 0. The average molecular weight is 178 g/mol. The monoisotopic (exact) mass is 178 g/mol. The third-order valence-corrected chi connectivity index (χ3v) is 4.15. The maximum Gasteiger partial charge on any atom is 0.113 e. The highest BCUT2D eigenvalue weighted by Crippen LogP contribution is 2.32. The van der Waals surface area contributed by atoms with Crippen molar-refractivity contribution < 1.29 is 4.74 Å². The van der Waals surface area contributed by atoms with Gasteiger partial charge >= 0.3 is 0 Å². The van der Waals surface area contributed by atoms with E-state index in [-0.39, 0.29) is 0 Å². The lowest BCUT2D eigenvalue weighted by Crippen LogP contribution is -2.14. The summed E-state index contributed by atoms with van der Waals surface area (Å²) in [6.07, 6.45) is 3.85. The summed E-state index contributed by atoms with van der Waals surface area (Å²) in [5.74, 6) is 1.19. The van der Waals surface area contributed by atoms with E-state index in [1.807, 2.05) is 21.6 Å². The Kier molecular flexibility index (Phi) is 4.66. The minimum atomic E-state index is 0.485. The molecule has 0 amide bonds. The Labute approximate surface area is 70.7 Å². The van der Waals surface area contributed by atoms with Crippen molar-refractivity contribution in [3.63, 3.8) is 0 Å². The van der Waals surface area contributed by atoms with Crippen LogP contribution in [0.1, 0.15) is 26.2 Å². The molecule has 0 aromatic rings. The van der Waals surface area contributed by atoms with Crippen LogP contribution in [-0.2, 0) is 4.74 Å². The molecule has 1 unspecified atom stereocenters. The first kappa shape index (κ1) is 8.75. The van der Waals surface area contributed by atoms with Crippen molar-refractivity contribution in [1.29, 1.82) is 0 Å². The molecule has 0 radical (unpaired) electrons. The molecule has 0 aromatic carbocycles. The van der Waals surface area contributed by atoms with E-state index in [2.05, 4.69) is 6.92 Å². The van der Waals surface area contributed by atoms with Crippen molar-refractivity contribution in [3.8, 4) is 0 Å². The summed E-state index contributed by atoms with van der Waals surface area (Å²) in [7, 11) is 3.80. The van der Waals surface area contributed by atoms with Gasteiger partial charge in [0.2, 0.25) is 0 Å². The van der Waals surface area contributed by atoms with E-state index in [4.69, 9.17) is 4.74 Å². The fourth-order valence-electron chi connectivity index (χ4n) is 0.931. The van der Waals surface area contributed by atoms with Crippen molar-refractivity contribution in [1.82, 2.24) is 0 Å². The molecular formula is C7H14OS2. The molecule has 10 heavy (non-hydrogen) atoms. The summed E-state index contributed by atoms with van der Waals surface area (Å²) in [6.45, 7) is 3.16. The Morgan fingerprint density at radius 2 is 2.40 bits per heavy atom. The molecule has 3 heteroatoms. The van der Waals surface area contributed by atoms with Crippen LogP contribution in [0.3, 0.4) is 0 Å². The summed E-state index contributed by atoms with van der Waals surface area (Å²) < 4.78 is 5.52. The van der Waals surface area contributed by atoms with Crippen molar-refractivity contribution >= 4 is 21.6 Å². The van der Waals surface area contributed by atoms with Crippen LogP contribution in [0, 0.1) is 0 Å². The van der Waals surface area contributed by atoms with Gasteiger partial charge in [0.1, 0.15) is 5.44 Å². The summed E-state index contributed by atoms with van der Waals surface area (Å²) in [4.78, 5) is 0. The first-order valence-corrected chi connectivity index (χ1v) is 6.21. The molecule has 0 aliphatic carbocycles. The van der Waals surface area contributed by atoms with Gasteiger partial charge in [-0.25, -0.2) is 0 Å². The lowest BCUT2D eigenvalue weighted by molar-refractivity contribution is 0.0738. The number of hydrogen-bond acceptors (Lipinski definition) is 3. The lowest BCUT2D eigenvalue weighted by atomic mass is 10.2. The second-order valence-corrected chi connectivity index (χ2v) is 5.11.